The van der Waals surface area contributed by atoms with Crippen LogP contribution in [0.4, 0.5) is 4.39 Å². The van der Waals surface area contributed by atoms with Gasteiger partial charge in [0.05, 0.1) is 11.1 Å². The number of ether oxygens (including phenoxy) is 1. The van der Waals surface area contributed by atoms with Crippen molar-refractivity contribution in [3.05, 3.63) is 57.6 Å². The van der Waals surface area contributed by atoms with E-state index >= 15 is 0 Å². The summed E-state index contributed by atoms with van der Waals surface area (Å²) >= 11 is 3.23. The summed E-state index contributed by atoms with van der Waals surface area (Å²) in [5.41, 5.74) is 2.12. The first-order valence-electron chi connectivity index (χ1n) is 6.30. The number of carbonyl (C=O) groups is 1. The molecule has 2 rings (SSSR count). The summed E-state index contributed by atoms with van der Waals surface area (Å²) in [4.78, 5) is 12.0. The third kappa shape index (κ3) is 2.93. The van der Waals surface area contributed by atoms with E-state index < -0.39 is 0 Å². The molecular formula is C15H15BrFNO2. The fraction of sp³-hybridized carbons (Fsp3) is 0.267. The molecule has 2 aromatic rings. The second-order valence-corrected chi connectivity index (χ2v) is 5.20. The van der Waals surface area contributed by atoms with Crippen LogP contribution in [-0.4, -0.2) is 17.1 Å². The normalized spacial score (nSPS) is 10.6. The number of carbonyl (C=O) groups excluding carboxylic acids is 1. The molecule has 0 aliphatic carbocycles. The SMILES string of the molecule is CCOC(=O)c1c(C)ccn1Cc1cccc(F)c1Br. The Bertz CT molecular complexity index is 637. The van der Waals surface area contributed by atoms with Gasteiger partial charge >= 0.3 is 5.97 Å². The van der Waals surface area contributed by atoms with E-state index in [4.69, 9.17) is 4.74 Å². The summed E-state index contributed by atoms with van der Waals surface area (Å²) in [7, 11) is 0. The van der Waals surface area contributed by atoms with Crippen molar-refractivity contribution in [1.29, 1.82) is 0 Å². The van der Waals surface area contributed by atoms with Crippen LogP contribution in [0.3, 0.4) is 0 Å². The summed E-state index contributed by atoms with van der Waals surface area (Å²) < 4.78 is 20.8. The van der Waals surface area contributed by atoms with Crippen LogP contribution < -0.4 is 0 Å². The van der Waals surface area contributed by atoms with E-state index in [1.807, 2.05) is 19.1 Å². The van der Waals surface area contributed by atoms with Gasteiger partial charge in [0.1, 0.15) is 11.5 Å². The predicted octanol–water partition coefficient (Wildman–Crippen LogP) is 3.92. The number of nitrogens with zero attached hydrogens (tertiary/aromatic N) is 1. The largest absolute Gasteiger partial charge is 0.461 e. The first-order chi connectivity index (χ1) is 9.54. The summed E-state index contributed by atoms with van der Waals surface area (Å²) in [6.07, 6.45) is 1.80. The maximum atomic E-state index is 13.5. The molecule has 0 atom stereocenters. The van der Waals surface area contributed by atoms with E-state index in [2.05, 4.69) is 15.9 Å². The number of hydrogen-bond donors (Lipinski definition) is 0. The van der Waals surface area contributed by atoms with Crippen LogP contribution in [0.15, 0.2) is 34.9 Å². The number of hydrogen-bond acceptors (Lipinski definition) is 2. The number of benzene rings is 1. The lowest BCUT2D eigenvalue weighted by Crippen LogP contribution is -2.14. The van der Waals surface area contributed by atoms with Crippen LogP contribution in [-0.2, 0) is 11.3 Å². The Morgan fingerprint density at radius 2 is 2.15 bits per heavy atom. The van der Waals surface area contributed by atoms with Gasteiger partial charge in [-0.2, -0.15) is 0 Å². The third-order valence-electron chi connectivity index (χ3n) is 3.01. The molecule has 106 valence electrons. The van der Waals surface area contributed by atoms with Crippen molar-refractivity contribution in [2.45, 2.75) is 20.4 Å². The molecule has 0 unspecified atom stereocenters. The fourth-order valence-corrected chi connectivity index (χ4v) is 2.44. The second kappa shape index (κ2) is 6.22. The quantitative estimate of drug-likeness (QED) is 0.790. The van der Waals surface area contributed by atoms with Crippen LogP contribution in [0, 0.1) is 12.7 Å². The highest BCUT2D eigenvalue weighted by molar-refractivity contribution is 9.10. The molecular weight excluding hydrogens is 325 g/mol. The summed E-state index contributed by atoms with van der Waals surface area (Å²) in [6, 6.07) is 6.70. The molecule has 0 fully saturated rings. The van der Waals surface area contributed by atoms with Crippen molar-refractivity contribution in [3.8, 4) is 0 Å². The lowest BCUT2D eigenvalue weighted by Gasteiger charge is -2.11. The Hall–Kier alpha value is -1.62. The lowest BCUT2D eigenvalue weighted by molar-refractivity contribution is 0.0513. The Morgan fingerprint density at radius 1 is 1.40 bits per heavy atom. The van der Waals surface area contributed by atoms with Crippen molar-refractivity contribution in [2.75, 3.05) is 6.61 Å². The van der Waals surface area contributed by atoms with Gasteiger partial charge in [0.25, 0.3) is 0 Å². The molecule has 5 heteroatoms. The highest BCUT2D eigenvalue weighted by Gasteiger charge is 2.17. The van der Waals surface area contributed by atoms with Crippen molar-refractivity contribution >= 4 is 21.9 Å². The molecule has 20 heavy (non-hydrogen) atoms. The second-order valence-electron chi connectivity index (χ2n) is 4.41. The zero-order chi connectivity index (χ0) is 14.7. The number of halogens is 2. The Morgan fingerprint density at radius 3 is 2.85 bits per heavy atom. The number of rotatable bonds is 4. The zero-order valence-electron chi connectivity index (χ0n) is 11.3. The van der Waals surface area contributed by atoms with Crippen LogP contribution in [0.25, 0.3) is 0 Å². The van der Waals surface area contributed by atoms with E-state index in [0.717, 1.165) is 11.1 Å². The average molecular weight is 340 g/mol. The lowest BCUT2D eigenvalue weighted by atomic mass is 10.2. The summed E-state index contributed by atoms with van der Waals surface area (Å²) in [6.45, 7) is 4.35. The molecule has 3 nitrogen and oxygen atoms in total. The minimum Gasteiger partial charge on any atom is -0.461 e. The van der Waals surface area contributed by atoms with E-state index in [1.165, 1.54) is 6.07 Å². The van der Waals surface area contributed by atoms with Crippen molar-refractivity contribution in [3.63, 3.8) is 0 Å². The summed E-state index contributed by atoms with van der Waals surface area (Å²) in [5.74, 6) is -0.674. The highest BCUT2D eigenvalue weighted by Crippen LogP contribution is 2.23. The minimum absolute atomic E-state index is 0.316. The van der Waals surface area contributed by atoms with Gasteiger partial charge in [0, 0.05) is 12.7 Å². The minimum atomic E-state index is -0.359. The van der Waals surface area contributed by atoms with Gasteiger partial charge in [-0.25, -0.2) is 9.18 Å². The first kappa shape index (κ1) is 14.8. The molecule has 0 aliphatic rings. The van der Waals surface area contributed by atoms with Gasteiger partial charge in [-0.1, -0.05) is 12.1 Å². The maximum Gasteiger partial charge on any atom is 0.355 e. The third-order valence-corrected chi connectivity index (χ3v) is 3.89. The zero-order valence-corrected chi connectivity index (χ0v) is 12.9. The molecule has 0 N–H and O–H groups in total. The van der Waals surface area contributed by atoms with Crippen molar-refractivity contribution < 1.29 is 13.9 Å². The van der Waals surface area contributed by atoms with E-state index in [9.17, 15) is 9.18 Å². The first-order valence-corrected chi connectivity index (χ1v) is 7.09. The average Bonchev–Trinajstić information content (AvgIpc) is 2.76. The highest BCUT2D eigenvalue weighted by atomic mass is 79.9. The molecule has 1 aromatic heterocycles. The van der Waals surface area contributed by atoms with Gasteiger partial charge in [-0.15, -0.1) is 0 Å². The molecule has 0 radical (unpaired) electrons. The van der Waals surface area contributed by atoms with Crippen LogP contribution in [0.5, 0.6) is 0 Å². The molecule has 0 spiro atoms. The topological polar surface area (TPSA) is 31.2 Å². The van der Waals surface area contributed by atoms with E-state index in [-0.39, 0.29) is 11.8 Å². The number of aromatic nitrogens is 1. The Labute approximate surface area is 125 Å². The molecule has 0 aliphatic heterocycles. The van der Waals surface area contributed by atoms with Gasteiger partial charge < -0.3 is 9.30 Å². The number of aryl methyl sites for hydroxylation is 1. The number of esters is 1. The van der Waals surface area contributed by atoms with Crippen LogP contribution >= 0.6 is 15.9 Å². The molecule has 0 saturated carbocycles. The van der Waals surface area contributed by atoms with E-state index in [0.29, 0.717) is 23.3 Å². The molecule has 1 heterocycles. The molecule has 1 aromatic carbocycles. The Kier molecular flexibility index (Phi) is 4.60. The maximum absolute atomic E-state index is 13.5. The standard InChI is InChI=1S/C15H15BrFNO2/c1-3-20-15(19)14-10(2)7-8-18(14)9-11-5-4-6-12(17)13(11)16/h4-8H,3,9H2,1-2H3. The molecule has 0 amide bonds. The van der Waals surface area contributed by atoms with Crippen LogP contribution in [0.2, 0.25) is 0 Å². The molecule has 0 saturated heterocycles. The molecule has 0 bridgehead atoms. The van der Waals surface area contributed by atoms with Crippen LogP contribution in [0.1, 0.15) is 28.5 Å². The van der Waals surface area contributed by atoms with E-state index in [1.54, 1.807) is 23.8 Å². The summed E-state index contributed by atoms with van der Waals surface area (Å²) in [5, 5.41) is 0. The van der Waals surface area contributed by atoms with Gasteiger partial charge in [-0.05, 0) is 53.0 Å². The fourth-order valence-electron chi connectivity index (χ4n) is 2.05. The van der Waals surface area contributed by atoms with Crippen molar-refractivity contribution in [2.24, 2.45) is 0 Å². The predicted molar refractivity (Wildman–Crippen MR) is 78.3 cm³/mol. The van der Waals surface area contributed by atoms with Gasteiger partial charge in [-0.3, -0.25) is 0 Å². The van der Waals surface area contributed by atoms with Gasteiger partial charge in [0.2, 0.25) is 0 Å². The monoisotopic (exact) mass is 339 g/mol. The van der Waals surface area contributed by atoms with Crippen molar-refractivity contribution in [1.82, 2.24) is 4.57 Å². The smallest absolute Gasteiger partial charge is 0.355 e. The van der Waals surface area contributed by atoms with Gasteiger partial charge in [0.15, 0.2) is 0 Å². The Balaban J connectivity index is 2.35.